The van der Waals surface area contributed by atoms with Gasteiger partial charge in [-0.15, -0.1) is 0 Å². The van der Waals surface area contributed by atoms with Gasteiger partial charge in [0.2, 0.25) is 5.95 Å². The third-order valence-corrected chi connectivity index (χ3v) is 24.7. The van der Waals surface area contributed by atoms with E-state index < -0.39 is 35.1 Å². The average Bonchev–Trinajstić information content (AvgIpc) is 1.45. The molecule has 0 bridgehead atoms. The lowest BCUT2D eigenvalue weighted by Crippen LogP contribution is -2.45. The molecule has 5 aliphatic rings. The van der Waals surface area contributed by atoms with Crippen LogP contribution in [0.2, 0.25) is 0 Å². The summed E-state index contributed by atoms with van der Waals surface area (Å²) in [6, 6.07) is 54.5. The highest BCUT2D eigenvalue weighted by molar-refractivity contribution is 6.13. The number of carbonyl (C=O) groups excluding carboxylic acids is 3. The molecule has 4 aliphatic heterocycles. The first kappa shape index (κ1) is 84.3. The summed E-state index contributed by atoms with van der Waals surface area (Å²) in [6.07, 6.45) is 16.7. The first-order valence-electron chi connectivity index (χ1n) is 44.1. The number of ketones is 3. The molecule has 18 nitrogen and oxygen atoms in total. The molecule has 18 heteroatoms. The number of carbonyl (C=O) groups is 3. The van der Waals surface area contributed by atoms with Crippen LogP contribution in [0.1, 0.15) is 163 Å². The second-order valence-corrected chi connectivity index (χ2v) is 37.1. The predicted octanol–water partition coefficient (Wildman–Crippen LogP) is 22.7. The number of Topliss-reactive ketones (excluding diaryl/α,β-unsaturated/α-hetero) is 3. The second kappa shape index (κ2) is 34.1. The van der Waals surface area contributed by atoms with Gasteiger partial charge in [0.1, 0.15) is 35.6 Å². The number of piperazine rings is 1. The van der Waals surface area contributed by atoms with Crippen molar-refractivity contribution >= 4 is 88.3 Å². The molecular weight excluding hydrogens is 1570 g/mol. The van der Waals surface area contributed by atoms with Crippen molar-refractivity contribution in [1.82, 2.24) is 39.8 Å². The maximum absolute atomic E-state index is 13.3. The number of hydrogen-bond acceptors (Lipinski definition) is 18. The zero-order valence-corrected chi connectivity index (χ0v) is 74.7. The topological polar surface area (TPSA) is 203 Å². The summed E-state index contributed by atoms with van der Waals surface area (Å²) in [4.78, 5) is 77.9. The molecule has 0 radical (unpaired) electrons. The Kier molecular flexibility index (Phi) is 22.8. The van der Waals surface area contributed by atoms with Crippen LogP contribution in [-0.2, 0) is 60.7 Å². The highest BCUT2D eigenvalue weighted by Crippen LogP contribution is 2.52. The molecule has 1 fully saturated rings. The summed E-state index contributed by atoms with van der Waals surface area (Å²) in [5, 5.41) is 9.74. The van der Waals surface area contributed by atoms with E-state index in [-0.39, 0.29) is 17.3 Å². The average molecular weight is 1680 g/mol. The molecule has 10 aromatic carbocycles. The molecule has 0 amide bonds. The van der Waals surface area contributed by atoms with Gasteiger partial charge in [0, 0.05) is 144 Å². The third-order valence-electron chi connectivity index (χ3n) is 24.7. The SMILES string of the molecule is CC(=O)[C@@H](OC(C)(C)C)c1c(C)cc2cc(-c3cnc(-c4ccccc4)nc3)ccc2c1-c1ccc2c3c(ccnc13)CCO2.CC(=O)[C@@H](OC(C)(C)C)c1c(C)cc2cc(-c3cnc(N4CCN(C)CC4)nc3)ccc2c1-c1ccc2c3c(ccnc13)CCO2.CC(=O)[C@@H](OC(C)(C)C)c1c2c(c3ccccc3c1-c1ccc3c4c(ccnc14)CCO3)CCC2. The van der Waals surface area contributed by atoms with Crippen LogP contribution < -0.4 is 19.1 Å². The summed E-state index contributed by atoms with van der Waals surface area (Å²) in [7, 11) is 2.15. The van der Waals surface area contributed by atoms with Crippen LogP contribution in [0, 0.1) is 13.8 Å². The van der Waals surface area contributed by atoms with Gasteiger partial charge in [-0.3, -0.25) is 29.3 Å². The Morgan fingerprint density at radius 2 is 0.770 bits per heavy atom. The van der Waals surface area contributed by atoms with Crippen LogP contribution in [0.4, 0.5) is 5.95 Å². The Bertz CT molecular complexity index is 6790. The van der Waals surface area contributed by atoms with Gasteiger partial charge in [0.05, 0.1) is 53.2 Å². The Hall–Kier alpha value is -12.6. The number of benzene rings is 10. The Labute approximate surface area is 736 Å². The lowest BCUT2D eigenvalue weighted by Gasteiger charge is -2.32. The van der Waals surface area contributed by atoms with Gasteiger partial charge >= 0.3 is 0 Å². The number of fused-ring (bicyclic) bond motifs is 5. The van der Waals surface area contributed by atoms with Gasteiger partial charge in [0.25, 0.3) is 0 Å². The predicted molar refractivity (Wildman–Crippen MR) is 503 cm³/mol. The Morgan fingerprint density at radius 1 is 0.381 bits per heavy atom. The minimum atomic E-state index is -0.745. The van der Waals surface area contributed by atoms with Crippen molar-refractivity contribution < 1.29 is 42.8 Å². The molecule has 126 heavy (non-hydrogen) atoms. The number of likely N-dealkylation sites (N-methyl/N-ethyl adjacent to an activating group) is 1. The number of ether oxygens (including phenoxy) is 6. The van der Waals surface area contributed by atoms with Gasteiger partial charge < -0.3 is 38.2 Å². The van der Waals surface area contributed by atoms with E-state index in [1.54, 1.807) is 20.8 Å². The van der Waals surface area contributed by atoms with Crippen LogP contribution in [0.25, 0.3) is 132 Å². The second-order valence-electron chi connectivity index (χ2n) is 37.1. The maximum atomic E-state index is 13.3. The summed E-state index contributed by atoms with van der Waals surface area (Å²) < 4.78 is 37.6. The zero-order valence-electron chi connectivity index (χ0n) is 74.7. The lowest BCUT2D eigenvalue weighted by atomic mass is 9.82. The van der Waals surface area contributed by atoms with E-state index in [4.69, 9.17) is 53.3 Å². The number of pyridine rings is 3. The van der Waals surface area contributed by atoms with E-state index in [9.17, 15) is 14.4 Å². The fourth-order valence-corrected chi connectivity index (χ4v) is 19.2. The number of nitrogens with zero attached hydrogens (tertiary/aromatic N) is 9. The molecule has 0 spiro atoms. The van der Waals surface area contributed by atoms with E-state index in [1.165, 1.54) is 33.2 Å². The molecule has 3 atom stereocenters. The van der Waals surface area contributed by atoms with Crippen molar-refractivity contribution in [3.8, 4) is 84.3 Å². The van der Waals surface area contributed by atoms with E-state index in [2.05, 4.69) is 156 Å². The van der Waals surface area contributed by atoms with E-state index in [0.717, 1.165) is 237 Å². The maximum Gasteiger partial charge on any atom is 0.225 e. The van der Waals surface area contributed by atoms with Crippen molar-refractivity contribution in [3.05, 3.63) is 257 Å². The molecule has 9 heterocycles. The van der Waals surface area contributed by atoms with Gasteiger partial charge in [-0.2, -0.15) is 0 Å². The smallest absolute Gasteiger partial charge is 0.225 e. The number of aromatic nitrogens is 7. The first-order valence-corrected chi connectivity index (χ1v) is 44.1. The molecule has 20 rings (SSSR count). The van der Waals surface area contributed by atoms with Crippen LogP contribution in [-0.4, -0.2) is 127 Å². The fraction of sp³-hybridized carbons (Fsp3) is 0.315. The number of anilines is 1. The van der Waals surface area contributed by atoms with Gasteiger partial charge in [0.15, 0.2) is 23.2 Å². The normalized spacial score (nSPS) is 15.1. The fourth-order valence-electron chi connectivity index (χ4n) is 19.2. The first-order chi connectivity index (χ1) is 60.6. The molecule has 1 saturated heterocycles. The molecule has 0 N–H and O–H groups in total. The quantitative estimate of drug-likeness (QED) is 0.0882. The summed E-state index contributed by atoms with van der Waals surface area (Å²) in [5.74, 6) is 4.00. The highest BCUT2D eigenvalue weighted by atomic mass is 16.5. The third kappa shape index (κ3) is 16.6. The van der Waals surface area contributed by atoms with Crippen molar-refractivity contribution in [2.24, 2.45) is 0 Å². The van der Waals surface area contributed by atoms with Crippen LogP contribution >= 0.6 is 0 Å². The van der Waals surface area contributed by atoms with Gasteiger partial charge in [-0.25, -0.2) is 19.9 Å². The zero-order chi connectivity index (χ0) is 87.8. The molecule has 0 unspecified atom stereocenters. The van der Waals surface area contributed by atoms with Gasteiger partial charge in [-0.1, -0.05) is 91.0 Å². The molecule has 15 aromatic rings. The van der Waals surface area contributed by atoms with E-state index >= 15 is 0 Å². The lowest BCUT2D eigenvalue weighted by molar-refractivity contribution is -0.139. The Balaban J connectivity index is 0.000000129. The highest BCUT2D eigenvalue weighted by Gasteiger charge is 2.38. The molecule has 638 valence electrons. The minimum absolute atomic E-state index is 0.0320. The summed E-state index contributed by atoms with van der Waals surface area (Å²) >= 11 is 0. The molecule has 1 aliphatic carbocycles. The Morgan fingerprint density at radius 3 is 1.19 bits per heavy atom. The van der Waals surface area contributed by atoms with Gasteiger partial charge in [-0.05, 0) is 300 Å². The molecular formula is C108H107N9O9. The van der Waals surface area contributed by atoms with Crippen LogP contribution in [0.3, 0.4) is 0 Å². The molecule has 0 saturated carbocycles. The summed E-state index contributed by atoms with van der Waals surface area (Å²) in [5.41, 5.74) is 23.1. The number of hydrogen-bond donors (Lipinski definition) is 0. The van der Waals surface area contributed by atoms with Crippen molar-refractivity contribution in [3.63, 3.8) is 0 Å². The monoisotopic (exact) mass is 1670 g/mol. The van der Waals surface area contributed by atoms with Crippen molar-refractivity contribution in [1.29, 1.82) is 0 Å². The molecule has 5 aromatic heterocycles. The number of rotatable bonds is 16. The van der Waals surface area contributed by atoms with Crippen LogP contribution in [0.15, 0.2) is 201 Å². The standard InChI is InChI=1S/C39H35N3O3.C38H41N5O3.C31H31NO3/c1-23-19-28-20-27(29-21-41-38(42-22-29)26-9-7-6-8-10-26)11-12-30(28)35(33(23)37(24(2)43)45-39(3,4)5)31-13-14-32-34-25(16-18-44-32)15-17-40-36(31)34;1-23-19-27-20-26(28-21-40-37(41-22-28)43-16-14-42(6)15-17-43)7-8-29(27)34(32(23)36(24(2)44)46-38(3,4)5)30-9-10-31-33-25(12-18-45-31)11-13-39-35(30)33;1-18(33)30(35-31(2,3)4)28-23-11-7-10-21(23)20-8-5-6-9-22(20)27(28)24-12-13-25-26-19(15-17-34-25)14-16-32-29(24)26/h6-15,17,19-22,37H,16,18H2,1-5H3;7-11,13,19-22,36H,12,14-18H2,1-6H3;5-6,8-9,12-14,16,30H,7,10-11,15,17H2,1-4H3/t37-;36-;30-/m111/s1. The van der Waals surface area contributed by atoms with Crippen molar-refractivity contribution in [2.75, 3.05) is 57.9 Å². The van der Waals surface area contributed by atoms with E-state index in [1.807, 2.05) is 148 Å². The summed E-state index contributed by atoms with van der Waals surface area (Å²) in [6.45, 7) is 32.8. The minimum Gasteiger partial charge on any atom is -0.493 e. The van der Waals surface area contributed by atoms with Crippen LogP contribution in [0.5, 0.6) is 17.2 Å². The van der Waals surface area contributed by atoms with Crippen molar-refractivity contribution in [2.45, 2.75) is 171 Å². The van der Waals surface area contributed by atoms with E-state index in [0.29, 0.717) is 25.6 Å². The largest absolute Gasteiger partial charge is 0.493 e. The number of aryl methyl sites for hydroxylation is 3.